The summed E-state index contributed by atoms with van der Waals surface area (Å²) in [5.74, 6) is 0. The molecule has 2 aromatic rings. The Morgan fingerprint density at radius 2 is 1.50 bits per heavy atom. The highest BCUT2D eigenvalue weighted by Crippen LogP contribution is 2.32. The third-order valence-electron chi connectivity index (χ3n) is 3.44. The first-order chi connectivity index (χ1) is 11.1. The summed E-state index contributed by atoms with van der Waals surface area (Å²) in [4.78, 5) is 20.4. The van der Waals surface area contributed by atoms with Crippen LogP contribution in [0.3, 0.4) is 0 Å². The second kappa shape index (κ2) is 6.34. The first-order valence-corrected chi connectivity index (χ1v) is 8.03. The molecule has 0 atom stereocenters. The molecule has 24 heavy (non-hydrogen) atoms. The smallest absolute Gasteiger partial charge is 0.282 e. The van der Waals surface area contributed by atoms with Crippen LogP contribution in [-0.4, -0.2) is 22.8 Å². The maximum Gasteiger partial charge on any atom is 0.295 e. The van der Waals surface area contributed by atoms with Crippen molar-refractivity contribution in [2.24, 2.45) is 0 Å². The minimum atomic E-state index is -4.59. The average molecular weight is 352 g/mol. The Kier molecular flexibility index (Phi) is 4.62. The van der Waals surface area contributed by atoms with E-state index < -0.39 is 36.2 Å². The van der Waals surface area contributed by atoms with Gasteiger partial charge in [0.2, 0.25) is 0 Å². The normalized spacial score (nSPS) is 11.2. The predicted molar refractivity (Wildman–Crippen MR) is 83.6 cm³/mol. The highest BCUT2D eigenvalue weighted by molar-refractivity contribution is 7.86. The number of nitro benzene ring substituents is 2. The van der Waals surface area contributed by atoms with Crippen LogP contribution in [0.5, 0.6) is 0 Å². The molecule has 1 N–H and O–H groups in total. The lowest BCUT2D eigenvalue weighted by molar-refractivity contribution is -0.395. The molecule has 0 aliphatic heterocycles. The largest absolute Gasteiger partial charge is 0.295 e. The summed E-state index contributed by atoms with van der Waals surface area (Å²) in [6.45, 7) is 1.44. The van der Waals surface area contributed by atoms with Crippen LogP contribution in [0.2, 0.25) is 0 Å². The topological polar surface area (TPSA) is 141 Å². The molecule has 10 heteroatoms. The molecule has 0 fully saturated rings. The Morgan fingerprint density at radius 1 is 1.00 bits per heavy atom. The fourth-order valence-electron chi connectivity index (χ4n) is 2.50. The van der Waals surface area contributed by atoms with Crippen LogP contribution in [0.15, 0.2) is 41.3 Å². The Hall–Kier alpha value is -2.85. The second-order valence-corrected chi connectivity index (χ2v) is 6.36. The van der Waals surface area contributed by atoms with Gasteiger partial charge < -0.3 is 0 Å². The standard InChI is InChI=1S/C14H12N2O7S/c1-9-4-2-5-10(14(9)24(21,22)23)8-11-12(15(17)18)6-3-7-13(11)16(19)20/h2-7H,8H2,1H3,(H,21,22,23). The quantitative estimate of drug-likeness (QED) is 0.495. The van der Waals surface area contributed by atoms with Gasteiger partial charge in [-0.2, -0.15) is 8.42 Å². The molecule has 0 spiro atoms. The minimum absolute atomic E-state index is 0.0369. The minimum Gasteiger partial charge on any atom is -0.282 e. The SMILES string of the molecule is Cc1cccc(Cc2c([N+](=O)[O-])cccc2[N+](=O)[O-])c1S(=O)(=O)O. The summed E-state index contributed by atoms with van der Waals surface area (Å²) in [6.07, 6.45) is -0.385. The van der Waals surface area contributed by atoms with E-state index in [0.29, 0.717) is 0 Å². The monoisotopic (exact) mass is 352 g/mol. The zero-order chi connectivity index (χ0) is 18.1. The maximum atomic E-state index is 11.6. The first-order valence-electron chi connectivity index (χ1n) is 6.59. The van der Waals surface area contributed by atoms with E-state index in [0.717, 1.165) is 12.1 Å². The van der Waals surface area contributed by atoms with Gasteiger partial charge in [0, 0.05) is 18.6 Å². The van der Waals surface area contributed by atoms with Crippen molar-refractivity contribution in [3.05, 3.63) is 73.3 Å². The summed E-state index contributed by atoms with van der Waals surface area (Å²) >= 11 is 0. The lowest BCUT2D eigenvalue weighted by Gasteiger charge is -2.10. The van der Waals surface area contributed by atoms with Crippen molar-refractivity contribution in [1.82, 2.24) is 0 Å². The second-order valence-electron chi connectivity index (χ2n) is 5.00. The number of hydrogen-bond donors (Lipinski definition) is 1. The van der Waals surface area contributed by atoms with E-state index in [9.17, 15) is 33.2 Å². The molecule has 0 aromatic heterocycles. The van der Waals surface area contributed by atoms with Gasteiger partial charge in [-0.05, 0) is 24.1 Å². The molecule has 0 radical (unpaired) electrons. The molecule has 0 aliphatic carbocycles. The average Bonchev–Trinajstić information content (AvgIpc) is 2.45. The Morgan fingerprint density at radius 3 is 1.96 bits per heavy atom. The van der Waals surface area contributed by atoms with Gasteiger partial charge in [0.05, 0.1) is 9.85 Å². The van der Waals surface area contributed by atoms with Gasteiger partial charge in [-0.25, -0.2) is 0 Å². The van der Waals surface area contributed by atoms with Crippen LogP contribution in [0.4, 0.5) is 11.4 Å². The third-order valence-corrected chi connectivity index (χ3v) is 4.54. The van der Waals surface area contributed by atoms with Gasteiger partial charge in [0.15, 0.2) is 0 Å². The van der Waals surface area contributed by atoms with Gasteiger partial charge in [-0.15, -0.1) is 0 Å². The van der Waals surface area contributed by atoms with E-state index >= 15 is 0 Å². The zero-order valence-electron chi connectivity index (χ0n) is 12.4. The molecule has 126 valence electrons. The number of benzene rings is 2. The van der Waals surface area contributed by atoms with Crippen LogP contribution >= 0.6 is 0 Å². The summed E-state index contributed by atoms with van der Waals surface area (Å²) in [5.41, 5.74) is -0.951. The number of nitrogens with zero attached hydrogens (tertiary/aromatic N) is 2. The molecule has 0 heterocycles. The zero-order valence-corrected chi connectivity index (χ0v) is 13.2. The van der Waals surface area contributed by atoms with E-state index in [-0.39, 0.29) is 23.1 Å². The van der Waals surface area contributed by atoms with E-state index in [1.54, 1.807) is 0 Å². The van der Waals surface area contributed by atoms with Gasteiger partial charge in [0.1, 0.15) is 10.5 Å². The number of rotatable bonds is 5. The van der Waals surface area contributed by atoms with Crippen molar-refractivity contribution >= 4 is 21.5 Å². The summed E-state index contributed by atoms with van der Waals surface area (Å²) in [7, 11) is -4.59. The van der Waals surface area contributed by atoms with E-state index in [4.69, 9.17) is 0 Å². The lowest BCUT2D eigenvalue weighted by atomic mass is 10.00. The summed E-state index contributed by atoms with van der Waals surface area (Å²) < 4.78 is 32.6. The van der Waals surface area contributed by atoms with Crippen molar-refractivity contribution in [1.29, 1.82) is 0 Å². The molecular weight excluding hydrogens is 340 g/mol. The van der Waals surface area contributed by atoms with Gasteiger partial charge in [-0.3, -0.25) is 24.8 Å². The van der Waals surface area contributed by atoms with E-state index in [2.05, 4.69) is 0 Å². The number of nitro groups is 2. The van der Waals surface area contributed by atoms with Crippen molar-refractivity contribution in [3.63, 3.8) is 0 Å². The lowest BCUT2D eigenvalue weighted by Crippen LogP contribution is -2.08. The van der Waals surface area contributed by atoms with Crippen LogP contribution < -0.4 is 0 Å². The first kappa shape index (κ1) is 17.5. The molecule has 0 aliphatic rings. The third kappa shape index (κ3) is 3.39. The van der Waals surface area contributed by atoms with Gasteiger partial charge in [-0.1, -0.05) is 18.2 Å². The highest BCUT2D eigenvalue weighted by atomic mass is 32.2. The van der Waals surface area contributed by atoms with Crippen molar-refractivity contribution in [2.45, 2.75) is 18.2 Å². The molecule has 2 rings (SSSR count). The molecular formula is C14H12N2O7S. The van der Waals surface area contributed by atoms with Crippen LogP contribution in [0, 0.1) is 27.2 Å². The summed E-state index contributed by atoms with van der Waals surface area (Å²) in [5, 5.41) is 22.3. The van der Waals surface area contributed by atoms with Crippen molar-refractivity contribution in [2.75, 3.05) is 0 Å². The highest BCUT2D eigenvalue weighted by Gasteiger charge is 2.27. The number of aryl methyl sites for hydroxylation is 1. The van der Waals surface area contributed by atoms with E-state index in [1.165, 1.54) is 31.2 Å². The molecule has 0 bridgehead atoms. The molecule has 0 saturated heterocycles. The summed E-state index contributed by atoms with van der Waals surface area (Å²) in [6, 6.07) is 7.67. The van der Waals surface area contributed by atoms with Crippen LogP contribution in [-0.2, 0) is 16.5 Å². The van der Waals surface area contributed by atoms with Crippen molar-refractivity contribution in [3.8, 4) is 0 Å². The maximum absolute atomic E-state index is 11.6. The number of hydrogen-bond acceptors (Lipinski definition) is 6. The van der Waals surface area contributed by atoms with Crippen LogP contribution in [0.1, 0.15) is 16.7 Å². The fraction of sp³-hybridized carbons (Fsp3) is 0.143. The molecule has 0 saturated carbocycles. The van der Waals surface area contributed by atoms with Crippen molar-refractivity contribution < 1.29 is 22.8 Å². The predicted octanol–water partition coefficient (Wildman–Crippen LogP) is 2.65. The fourth-order valence-corrected chi connectivity index (χ4v) is 3.44. The van der Waals surface area contributed by atoms with Crippen LogP contribution in [0.25, 0.3) is 0 Å². The molecule has 0 unspecified atom stereocenters. The Balaban J connectivity index is 2.72. The molecule has 0 amide bonds. The van der Waals surface area contributed by atoms with Gasteiger partial charge >= 0.3 is 0 Å². The molecule has 2 aromatic carbocycles. The van der Waals surface area contributed by atoms with Gasteiger partial charge in [0.25, 0.3) is 21.5 Å². The van der Waals surface area contributed by atoms with E-state index in [1.807, 2.05) is 0 Å². The Labute approximate surface area is 136 Å². The Bertz CT molecular complexity index is 906. The molecule has 9 nitrogen and oxygen atoms in total.